The molecular formula is C134H82N6. The van der Waals surface area contributed by atoms with E-state index in [1.165, 1.54) is 254 Å². The number of hydrogen-bond donors (Lipinski definition) is 0. The summed E-state index contributed by atoms with van der Waals surface area (Å²) in [6.07, 6.45) is 0. The van der Waals surface area contributed by atoms with Crippen LogP contribution in [0.4, 0.5) is 51.6 Å². The highest BCUT2D eigenvalue weighted by Crippen LogP contribution is 2.59. The van der Waals surface area contributed by atoms with Gasteiger partial charge in [-0.2, -0.15) is 0 Å². The van der Waals surface area contributed by atoms with Gasteiger partial charge in [0.15, 0.2) is 0 Å². The largest absolute Gasteiger partial charge is 0.295 e. The van der Waals surface area contributed by atoms with E-state index < -0.39 is 0 Å². The average molecular weight is 1780 g/mol. The van der Waals surface area contributed by atoms with Crippen LogP contribution in [-0.4, -0.2) is 13.7 Å². The molecule has 6 aliphatic rings. The SMILES string of the molecule is c1cc(-c2cc3c4c(cccc4c2)-c2ccccc2-3)cc(N2c3ccccc3-c3ccccc3-n3c2cc2ccccc23)c1.c1cc(-c2ccc3c4c(cccc24)-c2ccccc2-3)cc(N2c3ccccc3-c3cc4ccccc4cc3-n3c2cc2ccccc23)c1.c1cc(-c2ccc3c4c(cccc24)-c2ccccc2-3)cc(N2c3ccccc3-c3ccccc3-n3c2cc2c4ccccc4ccc23)c1. The third-order valence-electron chi connectivity index (χ3n) is 30.3. The quantitative estimate of drug-likeness (QED) is 0.166. The monoisotopic (exact) mass is 1770 g/mol. The fourth-order valence-electron chi connectivity index (χ4n) is 24.3. The maximum atomic E-state index is 2.46. The molecule has 648 valence electrons. The molecule has 0 saturated carbocycles. The average Bonchev–Trinajstić information content (AvgIpc) is 1.59. The van der Waals surface area contributed by atoms with Crippen LogP contribution in [0.1, 0.15) is 0 Å². The molecule has 3 aliphatic carbocycles. The Balaban J connectivity index is 0.0000000988. The molecule has 0 radical (unpaired) electrons. The number of benzene rings is 23. The second kappa shape index (κ2) is 30.4. The Morgan fingerprint density at radius 2 is 0.450 bits per heavy atom. The second-order valence-electron chi connectivity index (χ2n) is 37.7. The van der Waals surface area contributed by atoms with Gasteiger partial charge in [0, 0.05) is 66.6 Å². The summed E-state index contributed by atoms with van der Waals surface area (Å²) in [4.78, 5) is 7.36. The van der Waals surface area contributed by atoms with Crippen molar-refractivity contribution < 1.29 is 0 Å². The molecular weight excluding hydrogens is 1690 g/mol. The zero-order chi connectivity index (χ0) is 91.5. The molecule has 6 nitrogen and oxygen atoms in total. The minimum Gasteiger partial charge on any atom is -0.295 e. The van der Waals surface area contributed by atoms with Gasteiger partial charge in [-0.15, -0.1) is 0 Å². The predicted octanol–water partition coefficient (Wildman–Crippen LogP) is 37.0. The highest BCUT2D eigenvalue weighted by atomic mass is 15.3. The zero-order valence-corrected chi connectivity index (χ0v) is 76.0. The molecule has 26 aromatic rings. The molecule has 6 heteroatoms. The van der Waals surface area contributed by atoms with Crippen molar-refractivity contribution in [1.29, 1.82) is 0 Å². The molecule has 3 aromatic heterocycles. The van der Waals surface area contributed by atoms with Gasteiger partial charge < -0.3 is 0 Å². The van der Waals surface area contributed by atoms with Crippen LogP contribution in [0.2, 0.25) is 0 Å². The minimum absolute atomic E-state index is 1.13. The molecule has 0 unspecified atom stereocenters. The lowest BCUT2D eigenvalue weighted by Gasteiger charge is -2.26. The summed E-state index contributed by atoms with van der Waals surface area (Å²) in [6, 6.07) is 183. The van der Waals surface area contributed by atoms with Gasteiger partial charge >= 0.3 is 0 Å². The summed E-state index contributed by atoms with van der Waals surface area (Å²) in [5.41, 5.74) is 44.7. The maximum Gasteiger partial charge on any atom is 0.123 e. The summed E-state index contributed by atoms with van der Waals surface area (Å²) in [6.45, 7) is 0. The van der Waals surface area contributed by atoms with Crippen LogP contribution in [0.15, 0.2) is 497 Å². The van der Waals surface area contributed by atoms with Gasteiger partial charge in [0.1, 0.15) is 17.5 Å². The molecule has 32 rings (SSSR count). The van der Waals surface area contributed by atoms with Crippen molar-refractivity contribution in [2.75, 3.05) is 14.7 Å². The lowest BCUT2D eigenvalue weighted by Crippen LogP contribution is -2.13. The first-order valence-corrected chi connectivity index (χ1v) is 48.4. The van der Waals surface area contributed by atoms with Crippen molar-refractivity contribution in [1.82, 2.24) is 13.7 Å². The van der Waals surface area contributed by atoms with Gasteiger partial charge in [-0.3, -0.25) is 28.4 Å². The second-order valence-corrected chi connectivity index (χ2v) is 37.7. The molecule has 0 spiro atoms. The number of nitrogens with zero attached hydrogens (tertiary/aromatic N) is 6. The molecule has 23 aromatic carbocycles. The lowest BCUT2D eigenvalue weighted by molar-refractivity contribution is 1.09. The van der Waals surface area contributed by atoms with Gasteiger partial charge in [-0.05, 0) is 281 Å². The highest BCUT2D eigenvalue weighted by molar-refractivity contribution is 6.22. The third kappa shape index (κ3) is 11.6. The summed E-state index contributed by atoms with van der Waals surface area (Å²) in [5, 5.41) is 16.6. The summed E-state index contributed by atoms with van der Waals surface area (Å²) in [5.74, 6) is 3.40. The van der Waals surface area contributed by atoms with Crippen LogP contribution in [0.25, 0.3) is 237 Å². The fraction of sp³-hybridized carbons (Fsp3) is 0. The van der Waals surface area contributed by atoms with Gasteiger partial charge in [-0.25, -0.2) is 0 Å². The number of rotatable bonds is 6. The van der Waals surface area contributed by atoms with Crippen molar-refractivity contribution >= 4 is 138 Å². The Labute approximate surface area is 808 Å². The van der Waals surface area contributed by atoms with E-state index in [0.717, 1.165) is 34.5 Å². The van der Waals surface area contributed by atoms with Crippen LogP contribution >= 0.6 is 0 Å². The molecule has 0 N–H and O–H groups in total. The Morgan fingerprint density at radius 1 is 0.121 bits per heavy atom. The molecule has 0 fully saturated rings. The van der Waals surface area contributed by atoms with Crippen LogP contribution in [0, 0.1) is 0 Å². The first-order valence-electron chi connectivity index (χ1n) is 48.4. The number of fused-ring (bicyclic) bond motifs is 33. The van der Waals surface area contributed by atoms with E-state index in [4.69, 9.17) is 0 Å². The van der Waals surface area contributed by atoms with E-state index in [-0.39, 0.29) is 0 Å². The topological polar surface area (TPSA) is 24.5 Å². The summed E-state index contributed by atoms with van der Waals surface area (Å²) >= 11 is 0. The van der Waals surface area contributed by atoms with E-state index in [1.54, 1.807) is 0 Å². The molecule has 140 heavy (non-hydrogen) atoms. The normalized spacial score (nSPS) is 12.5. The van der Waals surface area contributed by atoms with Gasteiger partial charge in [0.25, 0.3) is 0 Å². The maximum absolute atomic E-state index is 2.46. The number of para-hydroxylation sites is 7. The van der Waals surface area contributed by atoms with Crippen LogP contribution in [-0.2, 0) is 0 Å². The fourth-order valence-corrected chi connectivity index (χ4v) is 24.3. The first-order chi connectivity index (χ1) is 69.5. The van der Waals surface area contributed by atoms with Gasteiger partial charge in [0.05, 0.1) is 50.7 Å². The Bertz CT molecular complexity index is 9780. The van der Waals surface area contributed by atoms with Crippen molar-refractivity contribution in [2.45, 2.75) is 0 Å². The van der Waals surface area contributed by atoms with Crippen molar-refractivity contribution in [3.05, 3.63) is 497 Å². The molecule has 6 heterocycles. The zero-order valence-electron chi connectivity index (χ0n) is 76.0. The van der Waals surface area contributed by atoms with E-state index in [1.807, 2.05) is 0 Å². The smallest absolute Gasteiger partial charge is 0.123 e. The molecule has 0 saturated heterocycles. The third-order valence-corrected chi connectivity index (χ3v) is 30.3. The lowest BCUT2D eigenvalue weighted by atomic mass is 9.94. The Hall–Kier alpha value is -18.6. The highest BCUT2D eigenvalue weighted by Gasteiger charge is 2.35. The molecule has 0 bridgehead atoms. The van der Waals surface area contributed by atoms with Gasteiger partial charge in [-0.1, -0.05) is 370 Å². The molecule has 0 atom stereocenters. The summed E-state index contributed by atoms with van der Waals surface area (Å²) < 4.78 is 7.34. The predicted molar refractivity (Wildman–Crippen MR) is 588 cm³/mol. The number of hydrogen-bond acceptors (Lipinski definition) is 3. The van der Waals surface area contributed by atoms with E-state index >= 15 is 0 Å². The number of anilines is 9. The van der Waals surface area contributed by atoms with E-state index in [0.29, 0.717) is 0 Å². The van der Waals surface area contributed by atoms with Crippen LogP contribution < -0.4 is 14.7 Å². The van der Waals surface area contributed by atoms with Crippen LogP contribution in [0.5, 0.6) is 0 Å². The number of aromatic nitrogens is 3. The summed E-state index contributed by atoms with van der Waals surface area (Å²) in [7, 11) is 0. The van der Waals surface area contributed by atoms with Crippen LogP contribution in [0.3, 0.4) is 0 Å². The Morgan fingerprint density at radius 3 is 0.957 bits per heavy atom. The molecule has 3 aliphatic heterocycles. The van der Waals surface area contributed by atoms with E-state index in [9.17, 15) is 0 Å². The van der Waals surface area contributed by atoms with Crippen molar-refractivity contribution in [2.24, 2.45) is 0 Å². The van der Waals surface area contributed by atoms with E-state index in [2.05, 4.69) is 526 Å². The van der Waals surface area contributed by atoms with Crippen molar-refractivity contribution in [3.8, 4) is 151 Å². The molecule has 0 amide bonds. The van der Waals surface area contributed by atoms with Crippen molar-refractivity contribution in [3.63, 3.8) is 0 Å². The minimum atomic E-state index is 1.13. The van der Waals surface area contributed by atoms with Gasteiger partial charge in [0.2, 0.25) is 0 Å². The standard InChI is InChI=1S/2C46H28N2.C42H26N2/c1-2-12-30-27-44-41(26-29(30)11-1)37-18-6-8-22-43(37)47(45-28-32-13-3-7-21-42(32)48(44)45)33-15-9-14-31(25-33)34-23-24-40-36-17-5-4-16-35(36)39-20-10-19-38(34)46(39)40;1-2-14-32-29(11-1)23-26-44-41(32)28-45-47(42-21-7-5-17-36(42)37-18-6-8-22-43(37)48(44)45)31-13-9-12-30(27-31)33-24-25-40-35-16-4-3-15-34(35)39-20-10-19-38(33)46(39)40;1-6-20-38-28(11-1)26-41-43(39-21-7-4-17-34(39)35-18-5-8-22-40(35)44(38)41)31-14-9-12-27(24-31)30-23-29-13-10-19-36-32-15-2-3-16-33(32)37(25-30)42(29)36/h2*1-28H;1-26H. The first kappa shape index (κ1) is 77.8. The Kier molecular flexibility index (Phi) is 16.9.